The number of aromatic nitrogens is 2. The third-order valence-corrected chi connectivity index (χ3v) is 4.42. The molecule has 0 bridgehead atoms. The van der Waals surface area contributed by atoms with E-state index in [1.807, 2.05) is 10.8 Å². The predicted molar refractivity (Wildman–Crippen MR) is 75.5 cm³/mol. The van der Waals surface area contributed by atoms with Gasteiger partial charge in [-0.3, -0.25) is 4.68 Å². The van der Waals surface area contributed by atoms with Crippen LogP contribution >= 0.6 is 0 Å². The summed E-state index contributed by atoms with van der Waals surface area (Å²) in [5.74, 6) is 1.00. The maximum atomic E-state index is 13.7. The lowest BCUT2D eigenvalue weighted by atomic mass is 9.83. The van der Waals surface area contributed by atoms with Gasteiger partial charge >= 0.3 is 0 Å². The molecule has 0 unspecified atom stereocenters. The second-order valence-corrected chi connectivity index (χ2v) is 5.96. The lowest BCUT2D eigenvalue weighted by Crippen LogP contribution is -2.18. The summed E-state index contributed by atoms with van der Waals surface area (Å²) >= 11 is 0. The van der Waals surface area contributed by atoms with Crippen LogP contribution in [0.3, 0.4) is 0 Å². The summed E-state index contributed by atoms with van der Waals surface area (Å²) in [6.07, 6.45) is 6.72. The second kappa shape index (κ2) is 5.24. The number of rotatable bonds is 2. The van der Waals surface area contributed by atoms with E-state index in [4.69, 9.17) is 5.26 Å². The van der Waals surface area contributed by atoms with Crippen LogP contribution in [0.25, 0.3) is 10.9 Å². The Balaban J connectivity index is 1.86. The van der Waals surface area contributed by atoms with Crippen molar-refractivity contribution in [1.82, 2.24) is 9.78 Å². The third kappa shape index (κ3) is 2.40. The first-order chi connectivity index (χ1) is 9.67. The second-order valence-electron chi connectivity index (χ2n) is 5.96. The minimum absolute atomic E-state index is 0.0866. The highest BCUT2D eigenvalue weighted by molar-refractivity contribution is 5.80. The van der Waals surface area contributed by atoms with Gasteiger partial charge in [0, 0.05) is 18.0 Å². The maximum absolute atomic E-state index is 13.7. The molecule has 0 N–H and O–H groups in total. The first kappa shape index (κ1) is 13.1. The highest BCUT2D eigenvalue weighted by Gasteiger charge is 2.19. The molecular weight excluding hydrogens is 253 g/mol. The van der Waals surface area contributed by atoms with Gasteiger partial charge in [0.05, 0.1) is 17.3 Å². The van der Waals surface area contributed by atoms with Gasteiger partial charge in [-0.05, 0) is 30.7 Å². The van der Waals surface area contributed by atoms with Crippen LogP contribution in [0.4, 0.5) is 4.39 Å². The van der Waals surface area contributed by atoms with Gasteiger partial charge in [-0.1, -0.05) is 19.8 Å². The van der Waals surface area contributed by atoms with E-state index in [0.717, 1.165) is 23.4 Å². The minimum Gasteiger partial charge on any atom is -0.264 e. The average molecular weight is 271 g/mol. The van der Waals surface area contributed by atoms with Gasteiger partial charge in [0.1, 0.15) is 11.9 Å². The summed E-state index contributed by atoms with van der Waals surface area (Å²) < 4.78 is 15.6. The summed E-state index contributed by atoms with van der Waals surface area (Å²) in [7, 11) is 0. The molecule has 3 nitrogen and oxygen atoms in total. The molecule has 104 valence electrons. The summed E-state index contributed by atoms with van der Waals surface area (Å²) in [6.45, 7) is 3.15. The van der Waals surface area contributed by atoms with Crippen LogP contribution in [0.2, 0.25) is 0 Å². The largest absolute Gasteiger partial charge is 0.264 e. The quantitative estimate of drug-likeness (QED) is 0.832. The molecule has 4 heteroatoms. The fourth-order valence-corrected chi connectivity index (χ4v) is 3.09. The zero-order chi connectivity index (χ0) is 14.1. The Bertz CT molecular complexity index is 660. The van der Waals surface area contributed by atoms with Crippen LogP contribution in [-0.4, -0.2) is 9.78 Å². The average Bonchev–Trinajstić information content (AvgIpc) is 2.83. The van der Waals surface area contributed by atoms with Crippen molar-refractivity contribution in [3.8, 4) is 6.07 Å². The van der Waals surface area contributed by atoms with Gasteiger partial charge in [0.15, 0.2) is 0 Å². The summed E-state index contributed by atoms with van der Waals surface area (Å²) in [6, 6.07) is 4.89. The van der Waals surface area contributed by atoms with Gasteiger partial charge < -0.3 is 0 Å². The predicted octanol–water partition coefficient (Wildman–Crippen LogP) is 3.87. The molecule has 0 atom stereocenters. The summed E-state index contributed by atoms with van der Waals surface area (Å²) in [4.78, 5) is 0. The van der Waals surface area contributed by atoms with Crippen molar-refractivity contribution < 1.29 is 4.39 Å². The van der Waals surface area contributed by atoms with Crippen LogP contribution < -0.4 is 0 Å². The minimum atomic E-state index is -0.459. The zero-order valence-corrected chi connectivity index (χ0v) is 11.6. The van der Waals surface area contributed by atoms with E-state index >= 15 is 0 Å². The highest BCUT2D eigenvalue weighted by Crippen LogP contribution is 2.30. The Hall–Kier alpha value is -1.89. The lowest BCUT2D eigenvalue weighted by Gasteiger charge is -2.26. The molecule has 0 radical (unpaired) electrons. The Labute approximate surface area is 118 Å². The van der Waals surface area contributed by atoms with E-state index in [-0.39, 0.29) is 5.56 Å². The van der Waals surface area contributed by atoms with E-state index in [2.05, 4.69) is 12.0 Å². The molecular formula is C16H18FN3. The van der Waals surface area contributed by atoms with E-state index < -0.39 is 5.82 Å². The molecule has 0 saturated heterocycles. The van der Waals surface area contributed by atoms with Crippen LogP contribution in [0, 0.1) is 29.0 Å². The Morgan fingerprint density at radius 3 is 2.80 bits per heavy atom. The van der Waals surface area contributed by atoms with Crippen LogP contribution in [0.1, 0.15) is 38.2 Å². The number of hydrogen-bond acceptors (Lipinski definition) is 2. The van der Waals surface area contributed by atoms with Crippen molar-refractivity contribution in [3.63, 3.8) is 0 Å². The summed E-state index contributed by atoms with van der Waals surface area (Å²) in [5.41, 5.74) is 0.878. The standard InChI is InChI=1S/C16H18FN3/c1-11-2-4-12(5-3-11)10-20-16-7-15(17)13(8-18)6-14(16)9-19-20/h6-7,9,11-12H,2-5,10H2,1H3. The molecule has 0 spiro atoms. The maximum Gasteiger partial charge on any atom is 0.143 e. The van der Waals surface area contributed by atoms with E-state index in [0.29, 0.717) is 5.92 Å². The Morgan fingerprint density at radius 2 is 2.10 bits per heavy atom. The Kier molecular flexibility index (Phi) is 3.43. The van der Waals surface area contributed by atoms with E-state index in [1.165, 1.54) is 31.7 Å². The van der Waals surface area contributed by atoms with Crippen LogP contribution in [0.15, 0.2) is 18.3 Å². The van der Waals surface area contributed by atoms with Gasteiger partial charge in [0.2, 0.25) is 0 Å². The van der Waals surface area contributed by atoms with Crippen molar-refractivity contribution in [3.05, 3.63) is 29.7 Å². The monoisotopic (exact) mass is 271 g/mol. The topological polar surface area (TPSA) is 41.6 Å². The first-order valence-corrected chi connectivity index (χ1v) is 7.22. The van der Waals surface area contributed by atoms with Gasteiger partial charge in [-0.2, -0.15) is 10.4 Å². The zero-order valence-electron chi connectivity index (χ0n) is 11.6. The van der Waals surface area contributed by atoms with Crippen molar-refractivity contribution in [1.29, 1.82) is 5.26 Å². The van der Waals surface area contributed by atoms with Crippen molar-refractivity contribution >= 4 is 10.9 Å². The Morgan fingerprint density at radius 1 is 1.35 bits per heavy atom. The first-order valence-electron chi connectivity index (χ1n) is 7.22. The molecule has 2 aromatic rings. The number of nitrogens with zero attached hydrogens (tertiary/aromatic N) is 3. The smallest absolute Gasteiger partial charge is 0.143 e. The molecule has 1 aromatic carbocycles. The van der Waals surface area contributed by atoms with Crippen LogP contribution in [0.5, 0.6) is 0 Å². The number of nitriles is 1. The third-order valence-electron chi connectivity index (χ3n) is 4.42. The highest BCUT2D eigenvalue weighted by atomic mass is 19.1. The normalized spacial score (nSPS) is 22.9. The molecule has 1 fully saturated rings. The molecule has 3 rings (SSSR count). The molecule has 1 aliphatic rings. The van der Waals surface area contributed by atoms with Crippen molar-refractivity contribution in [2.24, 2.45) is 11.8 Å². The van der Waals surface area contributed by atoms with Crippen LogP contribution in [-0.2, 0) is 6.54 Å². The molecule has 0 amide bonds. The van der Waals surface area contributed by atoms with Gasteiger partial charge in [-0.25, -0.2) is 4.39 Å². The molecule has 1 heterocycles. The van der Waals surface area contributed by atoms with Crippen molar-refractivity contribution in [2.45, 2.75) is 39.2 Å². The molecule has 20 heavy (non-hydrogen) atoms. The fraction of sp³-hybridized carbons (Fsp3) is 0.500. The molecule has 1 saturated carbocycles. The number of fused-ring (bicyclic) bond motifs is 1. The van der Waals surface area contributed by atoms with Gasteiger partial charge in [-0.15, -0.1) is 0 Å². The van der Waals surface area contributed by atoms with E-state index in [9.17, 15) is 4.39 Å². The van der Waals surface area contributed by atoms with E-state index in [1.54, 1.807) is 12.3 Å². The fourth-order valence-electron chi connectivity index (χ4n) is 3.09. The molecule has 1 aromatic heterocycles. The van der Waals surface area contributed by atoms with Crippen molar-refractivity contribution in [2.75, 3.05) is 0 Å². The number of halogens is 1. The number of hydrogen-bond donors (Lipinski definition) is 0. The molecule has 0 aliphatic heterocycles. The molecule has 1 aliphatic carbocycles. The number of benzene rings is 1. The summed E-state index contributed by atoms with van der Waals surface area (Å²) in [5, 5.41) is 14.1. The lowest BCUT2D eigenvalue weighted by molar-refractivity contribution is 0.260. The SMILES string of the molecule is CC1CCC(Cn2ncc3cc(C#N)c(F)cc32)CC1. The van der Waals surface area contributed by atoms with Gasteiger partial charge in [0.25, 0.3) is 0 Å².